The normalized spacial score (nSPS) is 18.6. The number of phenols is 1. The van der Waals surface area contributed by atoms with E-state index in [9.17, 15) is 5.11 Å². The summed E-state index contributed by atoms with van der Waals surface area (Å²) < 4.78 is 2.05. The van der Waals surface area contributed by atoms with E-state index in [2.05, 4.69) is 17.0 Å². The van der Waals surface area contributed by atoms with Gasteiger partial charge in [-0.15, -0.1) is 0 Å². The number of aromatic hydroxyl groups is 1. The van der Waals surface area contributed by atoms with E-state index in [0.29, 0.717) is 11.7 Å². The molecule has 1 atom stereocenters. The molecule has 0 saturated heterocycles. The zero-order valence-electron chi connectivity index (χ0n) is 10.5. The fraction of sp³-hybridized carbons (Fsp3) is 0.429. The van der Waals surface area contributed by atoms with Gasteiger partial charge in [0.05, 0.1) is 0 Å². The highest BCUT2D eigenvalue weighted by Crippen LogP contribution is 2.25. The van der Waals surface area contributed by atoms with Crippen LogP contribution in [0.3, 0.4) is 0 Å². The van der Waals surface area contributed by atoms with Crippen molar-refractivity contribution in [3.8, 4) is 5.75 Å². The minimum absolute atomic E-state index is 0.296. The Hall–Kier alpha value is -1.84. The van der Waals surface area contributed by atoms with Crippen LogP contribution < -0.4 is 0 Å². The van der Waals surface area contributed by atoms with Crippen LogP contribution >= 0.6 is 0 Å². The van der Waals surface area contributed by atoms with Crippen LogP contribution in [0, 0.1) is 0 Å². The van der Waals surface area contributed by atoms with Crippen LogP contribution in [0.15, 0.2) is 24.3 Å². The van der Waals surface area contributed by atoms with Crippen molar-refractivity contribution in [2.24, 2.45) is 0 Å². The molecule has 0 aliphatic carbocycles. The third-order valence-electron chi connectivity index (χ3n) is 3.49. The van der Waals surface area contributed by atoms with E-state index in [1.807, 2.05) is 16.8 Å². The summed E-state index contributed by atoms with van der Waals surface area (Å²) >= 11 is 0. The van der Waals surface area contributed by atoms with E-state index in [4.69, 9.17) is 0 Å². The summed E-state index contributed by atoms with van der Waals surface area (Å²) in [5.74, 6) is 2.81. The van der Waals surface area contributed by atoms with E-state index < -0.39 is 0 Å². The van der Waals surface area contributed by atoms with Gasteiger partial charge in [-0.2, -0.15) is 5.10 Å². The molecular weight excluding hydrogens is 226 g/mol. The molecule has 0 saturated carbocycles. The maximum Gasteiger partial charge on any atom is 0.155 e. The zero-order chi connectivity index (χ0) is 12.5. The van der Waals surface area contributed by atoms with Gasteiger partial charge in [0.25, 0.3) is 0 Å². The summed E-state index contributed by atoms with van der Waals surface area (Å²) in [5.41, 5.74) is 1.13. The Morgan fingerprint density at radius 3 is 2.83 bits per heavy atom. The SMILES string of the molecule is CC1CCCn2nc(Cc3ccc(O)cc3)nc21. The maximum absolute atomic E-state index is 9.25. The first-order valence-corrected chi connectivity index (χ1v) is 6.44. The molecule has 4 nitrogen and oxygen atoms in total. The molecule has 2 heterocycles. The number of phenolic OH excluding ortho intramolecular Hbond substituents is 1. The minimum Gasteiger partial charge on any atom is -0.508 e. The summed E-state index contributed by atoms with van der Waals surface area (Å²) in [5, 5.41) is 13.8. The summed E-state index contributed by atoms with van der Waals surface area (Å²) in [4.78, 5) is 4.64. The molecule has 0 amide bonds. The molecule has 0 fully saturated rings. The van der Waals surface area contributed by atoms with Crippen LogP contribution in [0.1, 0.15) is 42.9 Å². The van der Waals surface area contributed by atoms with Crippen molar-refractivity contribution < 1.29 is 5.11 Å². The lowest BCUT2D eigenvalue weighted by molar-refractivity contribution is 0.431. The average Bonchev–Trinajstić information content (AvgIpc) is 2.76. The first-order valence-electron chi connectivity index (χ1n) is 6.44. The molecule has 1 aromatic carbocycles. The Morgan fingerprint density at radius 1 is 1.33 bits per heavy atom. The zero-order valence-corrected chi connectivity index (χ0v) is 10.5. The van der Waals surface area contributed by atoms with Crippen LogP contribution in [-0.4, -0.2) is 19.9 Å². The summed E-state index contributed by atoms with van der Waals surface area (Å²) in [6, 6.07) is 7.24. The highest BCUT2D eigenvalue weighted by molar-refractivity contribution is 5.27. The monoisotopic (exact) mass is 243 g/mol. The molecule has 0 radical (unpaired) electrons. The number of hydrogen-bond donors (Lipinski definition) is 1. The van der Waals surface area contributed by atoms with Crippen LogP contribution in [0.2, 0.25) is 0 Å². The first-order chi connectivity index (χ1) is 8.72. The van der Waals surface area contributed by atoms with Crippen LogP contribution in [-0.2, 0) is 13.0 Å². The van der Waals surface area contributed by atoms with Gasteiger partial charge in [-0.1, -0.05) is 19.1 Å². The van der Waals surface area contributed by atoms with Crippen molar-refractivity contribution in [2.45, 2.75) is 38.6 Å². The predicted molar refractivity (Wildman–Crippen MR) is 68.6 cm³/mol. The van der Waals surface area contributed by atoms with E-state index in [0.717, 1.165) is 30.2 Å². The first kappa shape index (κ1) is 11.3. The smallest absolute Gasteiger partial charge is 0.155 e. The fourth-order valence-electron chi connectivity index (χ4n) is 2.48. The van der Waals surface area contributed by atoms with Gasteiger partial charge >= 0.3 is 0 Å². The maximum atomic E-state index is 9.25. The average molecular weight is 243 g/mol. The Kier molecular flexibility index (Phi) is 2.78. The Bertz CT molecular complexity index is 545. The van der Waals surface area contributed by atoms with E-state index in [-0.39, 0.29) is 0 Å². The highest BCUT2D eigenvalue weighted by Gasteiger charge is 2.20. The van der Waals surface area contributed by atoms with Crippen molar-refractivity contribution >= 4 is 0 Å². The molecule has 1 aliphatic rings. The standard InChI is InChI=1S/C14H17N3O/c1-10-3-2-8-17-14(10)15-13(16-17)9-11-4-6-12(18)7-5-11/h4-7,10,18H,2-3,8-9H2,1H3. The Morgan fingerprint density at radius 2 is 2.11 bits per heavy atom. The van der Waals surface area contributed by atoms with Gasteiger partial charge in [0.2, 0.25) is 0 Å². The van der Waals surface area contributed by atoms with E-state index in [1.165, 1.54) is 12.8 Å². The number of aromatic nitrogens is 3. The number of hydrogen-bond acceptors (Lipinski definition) is 3. The molecule has 0 spiro atoms. The number of nitrogens with zero attached hydrogens (tertiary/aromatic N) is 3. The fourth-order valence-corrected chi connectivity index (χ4v) is 2.48. The largest absolute Gasteiger partial charge is 0.508 e. The molecule has 4 heteroatoms. The lowest BCUT2D eigenvalue weighted by atomic mass is 10.0. The van der Waals surface area contributed by atoms with Crippen LogP contribution in [0.25, 0.3) is 0 Å². The Balaban J connectivity index is 1.83. The molecular formula is C14H17N3O. The molecule has 1 aliphatic heterocycles. The lowest BCUT2D eigenvalue weighted by Crippen LogP contribution is -2.14. The molecule has 1 aromatic heterocycles. The quantitative estimate of drug-likeness (QED) is 0.881. The van der Waals surface area contributed by atoms with Crippen LogP contribution in [0.4, 0.5) is 0 Å². The van der Waals surface area contributed by atoms with Crippen LogP contribution in [0.5, 0.6) is 5.75 Å². The second-order valence-electron chi connectivity index (χ2n) is 5.00. The second-order valence-corrected chi connectivity index (χ2v) is 5.00. The molecule has 3 rings (SSSR count). The molecule has 1 unspecified atom stereocenters. The van der Waals surface area contributed by atoms with Gasteiger partial charge in [-0.05, 0) is 30.5 Å². The molecule has 18 heavy (non-hydrogen) atoms. The van der Waals surface area contributed by atoms with E-state index in [1.54, 1.807) is 12.1 Å². The van der Waals surface area contributed by atoms with Gasteiger partial charge in [-0.3, -0.25) is 0 Å². The van der Waals surface area contributed by atoms with E-state index >= 15 is 0 Å². The van der Waals surface area contributed by atoms with Crippen molar-refractivity contribution in [1.82, 2.24) is 14.8 Å². The third-order valence-corrected chi connectivity index (χ3v) is 3.49. The predicted octanol–water partition coefficient (Wildman–Crippen LogP) is 2.47. The van der Waals surface area contributed by atoms with Crippen molar-refractivity contribution in [1.29, 1.82) is 0 Å². The molecule has 94 valence electrons. The van der Waals surface area contributed by atoms with Gasteiger partial charge in [-0.25, -0.2) is 9.67 Å². The summed E-state index contributed by atoms with van der Waals surface area (Å²) in [6.07, 6.45) is 3.13. The molecule has 1 N–H and O–H groups in total. The Labute approximate surface area is 106 Å². The number of rotatable bonds is 2. The van der Waals surface area contributed by atoms with Gasteiger partial charge in [0, 0.05) is 18.9 Å². The topological polar surface area (TPSA) is 50.9 Å². The summed E-state index contributed by atoms with van der Waals surface area (Å²) in [6.45, 7) is 3.20. The highest BCUT2D eigenvalue weighted by atomic mass is 16.3. The lowest BCUT2D eigenvalue weighted by Gasteiger charge is -2.17. The molecule has 0 bridgehead atoms. The van der Waals surface area contributed by atoms with Gasteiger partial charge < -0.3 is 5.11 Å². The number of aryl methyl sites for hydroxylation is 1. The molecule has 2 aromatic rings. The minimum atomic E-state index is 0.296. The summed E-state index contributed by atoms with van der Waals surface area (Å²) in [7, 11) is 0. The van der Waals surface area contributed by atoms with Gasteiger partial charge in [0.1, 0.15) is 11.6 Å². The van der Waals surface area contributed by atoms with Crippen molar-refractivity contribution in [2.75, 3.05) is 0 Å². The second kappa shape index (κ2) is 4.44. The third kappa shape index (κ3) is 2.10. The number of benzene rings is 1. The van der Waals surface area contributed by atoms with Crippen molar-refractivity contribution in [3.05, 3.63) is 41.5 Å². The number of fused-ring (bicyclic) bond motifs is 1. The van der Waals surface area contributed by atoms with Crippen molar-refractivity contribution in [3.63, 3.8) is 0 Å². The van der Waals surface area contributed by atoms with Gasteiger partial charge in [0.15, 0.2) is 5.82 Å².